The van der Waals surface area contributed by atoms with Crippen LogP contribution in [0.25, 0.3) is 0 Å². The zero-order valence-corrected chi connectivity index (χ0v) is 27.5. The molecule has 1 rings (SSSR count). The summed E-state index contributed by atoms with van der Waals surface area (Å²) < 4.78 is 0. The number of nitrogens with two attached hydrogens (primary N) is 2. The Morgan fingerprint density at radius 3 is 1.61 bits per heavy atom. The lowest BCUT2D eigenvalue weighted by molar-refractivity contribution is -0.124. The van der Waals surface area contributed by atoms with Gasteiger partial charge in [0.2, 0.25) is 11.8 Å². The summed E-state index contributed by atoms with van der Waals surface area (Å²) in [5, 5.41) is 4.79. The normalized spacial score (nSPS) is 14.8. The number of nitrogens with zero attached hydrogens (tertiary/aromatic N) is 2. The van der Waals surface area contributed by atoms with E-state index in [1.165, 1.54) is 38.9 Å². The van der Waals surface area contributed by atoms with E-state index < -0.39 is 5.54 Å². The van der Waals surface area contributed by atoms with E-state index in [4.69, 9.17) is 11.5 Å². The Bertz CT molecular complexity index is 410. The van der Waals surface area contributed by atoms with Crippen LogP contribution in [0.3, 0.4) is 0 Å². The van der Waals surface area contributed by atoms with E-state index in [0.717, 1.165) is 11.8 Å². The van der Waals surface area contributed by atoms with Crippen LogP contribution in [0.4, 0.5) is 0 Å². The zero-order chi connectivity index (χ0) is 30.3. The fraction of sp³-hybridized carbons (Fsp3) is 0.929. The second-order valence-corrected chi connectivity index (χ2v) is 8.96. The first-order valence-electron chi connectivity index (χ1n) is 14.0. The third kappa shape index (κ3) is 46.2. The second kappa shape index (κ2) is 35.9. The summed E-state index contributed by atoms with van der Waals surface area (Å²) in [7, 11) is 9.56. The van der Waals surface area contributed by atoms with Gasteiger partial charge in [-0.15, -0.1) is 0 Å². The van der Waals surface area contributed by atoms with E-state index in [2.05, 4.69) is 62.3 Å². The van der Waals surface area contributed by atoms with Gasteiger partial charge in [-0.05, 0) is 66.2 Å². The molecule has 36 heavy (non-hydrogen) atoms. The van der Waals surface area contributed by atoms with Gasteiger partial charge in [0.25, 0.3) is 0 Å². The fourth-order valence-corrected chi connectivity index (χ4v) is 2.60. The molecule has 0 aromatic heterocycles. The van der Waals surface area contributed by atoms with Crippen LogP contribution in [0, 0.1) is 11.8 Å². The number of piperidine rings is 1. The molecule has 6 N–H and O–H groups in total. The van der Waals surface area contributed by atoms with Crippen molar-refractivity contribution in [1.29, 1.82) is 0 Å². The zero-order valence-electron chi connectivity index (χ0n) is 27.5. The van der Waals surface area contributed by atoms with Crippen LogP contribution in [-0.2, 0) is 9.59 Å². The number of likely N-dealkylation sites (N-methyl/N-ethyl adjacent to an activating group) is 2. The van der Waals surface area contributed by atoms with Gasteiger partial charge < -0.3 is 31.9 Å². The predicted molar refractivity (Wildman–Crippen MR) is 163 cm³/mol. The average molecular weight is 523 g/mol. The molecule has 1 aliphatic rings. The van der Waals surface area contributed by atoms with Crippen LogP contribution in [-0.4, -0.2) is 88.6 Å². The van der Waals surface area contributed by atoms with Gasteiger partial charge in [0.1, 0.15) is 0 Å². The van der Waals surface area contributed by atoms with E-state index in [9.17, 15) is 9.59 Å². The minimum absolute atomic E-state index is 0.0799. The predicted octanol–water partition coefficient (Wildman–Crippen LogP) is 4.18. The summed E-state index contributed by atoms with van der Waals surface area (Å²) in [5.41, 5.74) is 9.51. The van der Waals surface area contributed by atoms with Crippen molar-refractivity contribution < 1.29 is 9.59 Å². The first-order chi connectivity index (χ1) is 16.7. The maximum Gasteiger partial charge on any atom is 0.239 e. The van der Waals surface area contributed by atoms with Gasteiger partial charge in [0.15, 0.2) is 0 Å². The highest BCUT2D eigenvalue weighted by molar-refractivity contribution is 5.84. The van der Waals surface area contributed by atoms with Crippen molar-refractivity contribution in [3.8, 4) is 0 Å². The third-order valence-electron chi connectivity index (χ3n) is 4.51. The molecule has 0 saturated carbocycles. The number of likely N-dealkylation sites (tertiary alicyclic amines) is 1. The maximum absolute atomic E-state index is 10.6. The molecule has 2 unspecified atom stereocenters. The lowest BCUT2D eigenvalue weighted by Crippen LogP contribution is -2.47. The Kier molecular flexibility index (Phi) is 47.8. The fourth-order valence-electron chi connectivity index (χ4n) is 2.60. The molecule has 1 aliphatic heterocycles. The molecule has 0 aromatic carbocycles. The molecule has 0 aliphatic carbocycles. The van der Waals surface area contributed by atoms with Gasteiger partial charge in [-0.2, -0.15) is 0 Å². The quantitative estimate of drug-likeness (QED) is 0.430. The molecular weight excluding hydrogens is 452 g/mol. The van der Waals surface area contributed by atoms with E-state index in [-0.39, 0.29) is 18.4 Å². The Hall–Kier alpha value is -1.22. The van der Waals surface area contributed by atoms with Crippen LogP contribution < -0.4 is 22.1 Å². The van der Waals surface area contributed by atoms with Crippen LogP contribution >= 0.6 is 0 Å². The van der Waals surface area contributed by atoms with E-state index in [1.807, 2.05) is 41.5 Å². The number of carbonyl (C=O) groups is 2. The molecule has 224 valence electrons. The molecule has 0 aromatic rings. The van der Waals surface area contributed by atoms with Gasteiger partial charge in [-0.1, -0.05) is 68.7 Å². The highest BCUT2D eigenvalue weighted by Crippen LogP contribution is 2.12. The number of amides is 2. The summed E-state index contributed by atoms with van der Waals surface area (Å²) in [6.07, 6.45) is 4.13. The third-order valence-corrected chi connectivity index (χ3v) is 4.51. The lowest BCUT2D eigenvalue weighted by Gasteiger charge is -2.26. The standard InChI is InChI=1S/C7H15N.C7H17N.C5H12N2O.C3H8N2O.3C2H6/c1-7-4-3-5-8(2)6-7;1-5-7(2)6-8(3)4;1-5(2,6)4(8)7-3;1-5-3(6)2-4;3*1-2/h7H,3-6H2,1-2H3;7H,5-6H2,1-4H3;6H2,1-3H3,(H,7,8);2,4H2,1H3,(H,5,6);3*1-2H3. The van der Waals surface area contributed by atoms with Crippen LogP contribution in [0.1, 0.15) is 95.4 Å². The molecule has 1 fully saturated rings. The minimum Gasteiger partial charge on any atom is -0.358 e. The molecule has 0 bridgehead atoms. The molecule has 0 radical (unpaired) electrons. The summed E-state index contributed by atoms with van der Waals surface area (Å²) in [4.78, 5) is 25.2. The molecule has 1 saturated heterocycles. The summed E-state index contributed by atoms with van der Waals surface area (Å²) >= 11 is 0. The van der Waals surface area contributed by atoms with Crippen LogP contribution in [0.2, 0.25) is 0 Å². The molecular formula is C28H70N6O2. The summed E-state index contributed by atoms with van der Waals surface area (Å²) in [6, 6.07) is 0. The number of rotatable bonds is 5. The SMILES string of the molecule is CC.CC.CC.CC1CCCN(C)C1.CCC(C)CN(C)C.CNC(=O)C(C)(C)N.CNC(=O)CN. The first kappa shape index (κ1) is 47.9. The van der Waals surface area contributed by atoms with E-state index in [1.54, 1.807) is 27.9 Å². The molecule has 2 atom stereocenters. The molecule has 1 heterocycles. The van der Waals surface area contributed by atoms with Gasteiger partial charge in [0, 0.05) is 27.2 Å². The highest BCUT2D eigenvalue weighted by atomic mass is 16.2. The Balaban J connectivity index is -0.0000000780. The minimum atomic E-state index is -0.741. The smallest absolute Gasteiger partial charge is 0.239 e. The summed E-state index contributed by atoms with van der Waals surface area (Å²) in [5.74, 6) is 1.52. The van der Waals surface area contributed by atoms with E-state index in [0.29, 0.717) is 0 Å². The number of hydrogen-bond donors (Lipinski definition) is 4. The number of hydrogen-bond acceptors (Lipinski definition) is 6. The largest absolute Gasteiger partial charge is 0.358 e. The Morgan fingerprint density at radius 2 is 1.50 bits per heavy atom. The van der Waals surface area contributed by atoms with Gasteiger partial charge in [0.05, 0.1) is 12.1 Å². The van der Waals surface area contributed by atoms with Crippen molar-refractivity contribution in [1.82, 2.24) is 20.4 Å². The van der Waals surface area contributed by atoms with Crippen molar-refractivity contribution in [2.45, 2.75) is 101 Å². The molecule has 0 spiro atoms. The number of nitrogens with one attached hydrogen (secondary N) is 2. The molecule has 8 heteroatoms. The van der Waals surface area contributed by atoms with Crippen LogP contribution in [0.15, 0.2) is 0 Å². The summed E-state index contributed by atoms with van der Waals surface area (Å²) in [6.45, 7) is 26.1. The maximum atomic E-state index is 10.6. The van der Waals surface area contributed by atoms with Crippen molar-refractivity contribution in [3.05, 3.63) is 0 Å². The van der Waals surface area contributed by atoms with Crippen molar-refractivity contribution in [2.24, 2.45) is 23.3 Å². The van der Waals surface area contributed by atoms with Gasteiger partial charge in [-0.3, -0.25) is 9.59 Å². The second-order valence-electron chi connectivity index (χ2n) is 8.96. The topological polar surface area (TPSA) is 117 Å². The Morgan fingerprint density at radius 1 is 1.06 bits per heavy atom. The first-order valence-corrected chi connectivity index (χ1v) is 14.0. The van der Waals surface area contributed by atoms with E-state index >= 15 is 0 Å². The van der Waals surface area contributed by atoms with Crippen molar-refractivity contribution in [3.63, 3.8) is 0 Å². The molecule has 8 nitrogen and oxygen atoms in total. The van der Waals surface area contributed by atoms with Gasteiger partial charge >= 0.3 is 0 Å². The number of carbonyl (C=O) groups excluding carboxylic acids is 2. The van der Waals surface area contributed by atoms with Crippen molar-refractivity contribution >= 4 is 11.8 Å². The lowest BCUT2D eigenvalue weighted by atomic mass is 10.0. The van der Waals surface area contributed by atoms with Gasteiger partial charge in [-0.25, -0.2) is 0 Å². The van der Waals surface area contributed by atoms with Crippen molar-refractivity contribution in [2.75, 3.05) is 61.4 Å². The highest BCUT2D eigenvalue weighted by Gasteiger charge is 2.19. The monoisotopic (exact) mass is 523 g/mol. The molecule has 2 amide bonds. The average Bonchev–Trinajstić information content (AvgIpc) is 2.86. The van der Waals surface area contributed by atoms with Crippen LogP contribution in [0.5, 0.6) is 0 Å². The Labute approximate surface area is 227 Å².